The van der Waals surface area contributed by atoms with Gasteiger partial charge in [-0.3, -0.25) is 19.3 Å². The largest absolute Gasteiger partial charge is 0.352 e. The molecule has 7 nitrogen and oxygen atoms in total. The number of carbonyl (C=O) groups excluding carboxylic acids is 3. The number of likely N-dealkylation sites (N-methyl/N-ethyl adjacent to an activating group) is 2. The van der Waals surface area contributed by atoms with Crippen molar-refractivity contribution in [2.24, 2.45) is 0 Å². The topological polar surface area (TPSA) is 73.0 Å². The lowest BCUT2D eigenvalue weighted by Crippen LogP contribution is -2.48. The van der Waals surface area contributed by atoms with E-state index in [2.05, 4.69) is 5.32 Å². The standard InChI is InChI=1S/C14H26N4O3/c1-11(19)18-7-5-12(6-8-18)15-13(20)9-17(4)10-14(21)16(2)3/h12H,5-10H2,1-4H3,(H,15,20). The molecule has 120 valence electrons. The molecule has 1 saturated heterocycles. The van der Waals surface area contributed by atoms with Crippen LogP contribution in [0.25, 0.3) is 0 Å². The summed E-state index contributed by atoms with van der Waals surface area (Å²) < 4.78 is 0. The van der Waals surface area contributed by atoms with E-state index in [9.17, 15) is 14.4 Å². The van der Waals surface area contributed by atoms with Crippen molar-refractivity contribution in [3.8, 4) is 0 Å². The van der Waals surface area contributed by atoms with Crippen molar-refractivity contribution in [2.45, 2.75) is 25.8 Å². The predicted molar refractivity (Wildman–Crippen MR) is 79.6 cm³/mol. The van der Waals surface area contributed by atoms with Gasteiger partial charge in [-0.15, -0.1) is 0 Å². The van der Waals surface area contributed by atoms with Gasteiger partial charge in [0, 0.05) is 40.2 Å². The van der Waals surface area contributed by atoms with Gasteiger partial charge in [0.05, 0.1) is 13.1 Å². The molecule has 7 heteroatoms. The molecule has 0 aromatic carbocycles. The van der Waals surface area contributed by atoms with Gasteiger partial charge in [-0.2, -0.15) is 0 Å². The molecule has 1 fully saturated rings. The van der Waals surface area contributed by atoms with Crippen molar-refractivity contribution in [3.05, 3.63) is 0 Å². The van der Waals surface area contributed by atoms with Gasteiger partial charge in [-0.1, -0.05) is 0 Å². The Balaban J connectivity index is 2.28. The number of nitrogens with one attached hydrogen (secondary N) is 1. The Morgan fingerprint density at radius 3 is 2.14 bits per heavy atom. The van der Waals surface area contributed by atoms with Gasteiger partial charge in [0.25, 0.3) is 0 Å². The second-order valence-corrected chi connectivity index (χ2v) is 5.81. The maximum Gasteiger partial charge on any atom is 0.236 e. The summed E-state index contributed by atoms with van der Waals surface area (Å²) in [6.07, 6.45) is 1.57. The minimum atomic E-state index is -0.0784. The number of carbonyl (C=O) groups is 3. The third-order valence-corrected chi connectivity index (χ3v) is 3.62. The van der Waals surface area contributed by atoms with E-state index in [0.29, 0.717) is 13.1 Å². The molecule has 1 aliphatic heterocycles. The number of hydrogen-bond acceptors (Lipinski definition) is 4. The van der Waals surface area contributed by atoms with Crippen LogP contribution in [0.1, 0.15) is 19.8 Å². The first-order chi connectivity index (χ1) is 9.79. The first-order valence-corrected chi connectivity index (χ1v) is 7.23. The molecule has 0 aromatic rings. The number of rotatable bonds is 5. The van der Waals surface area contributed by atoms with Crippen molar-refractivity contribution in [1.29, 1.82) is 0 Å². The van der Waals surface area contributed by atoms with Crippen LogP contribution in [0.3, 0.4) is 0 Å². The zero-order chi connectivity index (χ0) is 16.0. The first kappa shape index (κ1) is 17.4. The minimum Gasteiger partial charge on any atom is -0.352 e. The first-order valence-electron chi connectivity index (χ1n) is 7.23. The maximum atomic E-state index is 11.9. The number of hydrogen-bond donors (Lipinski definition) is 1. The summed E-state index contributed by atoms with van der Waals surface area (Å²) in [7, 11) is 5.14. The summed E-state index contributed by atoms with van der Waals surface area (Å²) in [5.41, 5.74) is 0. The Bertz CT molecular complexity index is 390. The molecule has 0 bridgehead atoms. The van der Waals surface area contributed by atoms with Gasteiger partial charge in [0.1, 0.15) is 0 Å². The van der Waals surface area contributed by atoms with Crippen molar-refractivity contribution >= 4 is 17.7 Å². The highest BCUT2D eigenvalue weighted by molar-refractivity contribution is 5.81. The Hall–Kier alpha value is -1.63. The quantitative estimate of drug-likeness (QED) is 0.716. The van der Waals surface area contributed by atoms with Crippen LogP contribution in [0.15, 0.2) is 0 Å². The highest BCUT2D eigenvalue weighted by Gasteiger charge is 2.22. The Kier molecular flexibility index (Phi) is 6.61. The summed E-state index contributed by atoms with van der Waals surface area (Å²) in [6, 6.07) is 0.117. The van der Waals surface area contributed by atoms with E-state index in [1.807, 2.05) is 0 Å². The van der Waals surface area contributed by atoms with Crippen LogP contribution < -0.4 is 5.32 Å². The van der Waals surface area contributed by atoms with Gasteiger partial charge in [-0.25, -0.2) is 0 Å². The van der Waals surface area contributed by atoms with Crippen LogP contribution in [0.2, 0.25) is 0 Å². The fraction of sp³-hybridized carbons (Fsp3) is 0.786. The van der Waals surface area contributed by atoms with E-state index in [1.165, 1.54) is 4.90 Å². The molecular weight excluding hydrogens is 272 g/mol. The van der Waals surface area contributed by atoms with Gasteiger partial charge in [0.2, 0.25) is 17.7 Å². The molecule has 0 saturated carbocycles. The third kappa shape index (κ3) is 6.12. The van der Waals surface area contributed by atoms with Crippen molar-refractivity contribution in [2.75, 3.05) is 47.3 Å². The molecular formula is C14H26N4O3. The summed E-state index contributed by atoms with van der Waals surface area (Å²) in [5.74, 6) is -0.0212. The lowest BCUT2D eigenvalue weighted by atomic mass is 10.1. The van der Waals surface area contributed by atoms with Crippen molar-refractivity contribution < 1.29 is 14.4 Å². The summed E-state index contributed by atoms with van der Waals surface area (Å²) >= 11 is 0. The van der Waals surface area contributed by atoms with E-state index in [0.717, 1.165) is 12.8 Å². The molecule has 0 aliphatic carbocycles. The number of likely N-dealkylation sites (tertiary alicyclic amines) is 1. The van der Waals surface area contributed by atoms with Crippen LogP contribution >= 0.6 is 0 Å². The SMILES string of the molecule is CC(=O)N1CCC(NC(=O)CN(C)CC(=O)N(C)C)CC1. The molecule has 1 aliphatic rings. The summed E-state index contributed by atoms with van der Waals surface area (Å²) in [6.45, 7) is 3.37. The molecule has 1 rings (SSSR count). The molecule has 1 N–H and O–H groups in total. The molecule has 3 amide bonds. The zero-order valence-electron chi connectivity index (χ0n) is 13.4. The van der Waals surface area contributed by atoms with Crippen LogP contribution in [0, 0.1) is 0 Å². The molecule has 0 unspecified atom stereocenters. The average molecular weight is 298 g/mol. The van der Waals surface area contributed by atoms with E-state index in [1.54, 1.807) is 37.9 Å². The molecule has 1 heterocycles. The minimum absolute atomic E-state index is 0.0277. The summed E-state index contributed by atoms with van der Waals surface area (Å²) in [4.78, 5) is 39.7. The third-order valence-electron chi connectivity index (χ3n) is 3.62. The molecule has 21 heavy (non-hydrogen) atoms. The maximum absolute atomic E-state index is 11.9. The fourth-order valence-corrected chi connectivity index (χ4v) is 2.29. The Morgan fingerprint density at radius 1 is 1.10 bits per heavy atom. The molecule has 0 radical (unpaired) electrons. The monoisotopic (exact) mass is 298 g/mol. The fourth-order valence-electron chi connectivity index (χ4n) is 2.29. The van der Waals surface area contributed by atoms with Gasteiger partial charge < -0.3 is 15.1 Å². The smallest absolute Gasteiger partial charge is 0.236 e. The second kappa shape index (κ2) is 7.97. The van der Waals surface area contributed by atoms with Gasteiger partial charge in [-0.05, 0) is 19.9 Å². The Morgan fingerprint density at radius 2 is 1.67 bits per heavy atom. The van der Waals surface area contributed by atoms with Gasteiger partial charge >= 0.3 is 0 Å². The Labute approximate surface area is 126 Å². The normalized spacial score (nSPS) is 16.0. The van der Waals surface area contributed by atoms with Crippen molar-refractivity contribution in [3.63, 3.8) is 0 Å². The van der Waals surface area contributed by atoms with E-state index >= 15 is 0 Å². The van der Waals surface area contributed by atoms with Gasteiger partial charge in [0.15, 0.2) is 0 Å². The number of amides is 3. The van der Waals surface area contributed by atoms with E-state index in [4.69, 9.17) is 0 Å². The summed E-state index contributed by atoms with van der Waals surface area (Å²) in [5, 5.41) is 2.97. The molecule has 0 spiro atoms. The zero-order valence-corrected chi connectivity index (χ0v) is 13.4. The average Bonchev–Trinajstić information content (AvgIpc) is 2.38. The molecule has 0 atom stereocenters. The highest BCUT2D eigenvalue weighted by Crippen LogP contribution is 2.10. The highest BCUT2D eigenvalue weighted by atomic mass is 16.2. The lowest BCUT2D eigenvalue weighted by Gasteiger charge is -2.32. The number of nitrogens with zero attached hydrogens (tertiary/aromatic N) is 3. The van der Waals surface area contributed by atoms with Crippen LogP contribution in [-0.4, -0.2) is 85.8 Å². The van der Waals surface area contributed by atoms with E-state index < -0.39 is 0 Å². The molecule has 0 aromatic heterocycles. The number of piperidine rings is 1. The van der Waals surface area contributed by atoms with Crippen LogP contribution in [-0.2, 0) is 14.4 Å². The van der Waals surface area contributed by atoms with E-state index in [-0.39, 0.29) is 36.9 Å². The lowest BCUT2D eigenvalue weighted by molar-refractivity contribution is -0.130. The van der Waals surface area contributed by atoms with Crippen LogP contribution in [0.4, 0.5) is 0 Å². The second-order valence-electron chi connectivity index (χ2n) is 5.81. The van der Waals surface area contributed by atoms with Crippen LogP contribution in [0.5, 0.6) is 0 Å². The predicted octanol–water partition coefficient (Wildman–Crippen LogP) is -0.866. The van der Waals surface area contributed by atoms with Crippen molar-refractivity contribution in [1.82, 2.24) is 20.0 Å².